The van der Waals surface area contributed by atoms with Gasteiger partial charge in [0.1, 0.15) is 0 Å². The van der Waals surface area contributed by atoms with Crippen LogP contribution in [0.5, 0.6) is 5.88 Å². The summed E-state index contributed by atoms with van der Waals surface area (Å²) in [4.78, 5) is 11.4. The fraction of sp³-hybridized carbons (Fsp3) is 0.789. The normalized spacial score (nSPS) is 10.8. The van der Waals surface area contributed by atoms with E-state index in [1.807, 2.05) is 6.92 Å². The van der Waals surface area contributed by atoms with Gasteiger partial charge in [-0.3, -0.25) is 0 Å². The Bertz CT molecular complexity index is 457. The summed E-state index contributed by atoms with van der Waals surface area (Å²) in [7, 11) is 0. The summed E-state index contributed by atoms with van der Waals surface area (Å²) in [5, 5.41) is 4.38. The summed E-state index contributed by atoms with van der Waals surface area (Å²) in [6.07, 6.45) is 12.3. The van der Waals surface area contributed by atoms with Gasteiger partial charge in [0.05, 0.1) is 12.3 Å². The number of hydrogen-bond acceptors (Lipinski definition) is 4. The van der Waals surface area contributed by atoms with Gasteiger partial charge in [0.15, 0.2) is 0 Å². The minimum atomic E-state index is -0.665. The van der Waals surface area contributed by atoms with Crippen LogP contribution < -0.4 is 4.74 Å². The summed E-state index contributed by atoms with van der Waals surface area (Å²) in [6, 6.07) is 1.77. The summed E-state index contributed by atoms with van der Waals surface area (Å²) in [5.74, 6) is 0.474. The second-order valence-electron chi connectivity index (χ2n) is 6.31. The maximum Gasteiger partial charge on any atom is 0.515 e. The molecule has 0 fully saturated rings. The van der Waals surface area contributed by atoms with E-state index in [-0.39, 0.29) is 0 Å². The zero-order valence-electron chi connectivity index (χ0n) is 15.7. The Balaban J connectivity index is 2.15. The lowest BCUT2D eigenvalue weighted by Gasteiger charge is -2.07. The van der Waals surface area contributed by atoms with Crippen LogP contribution in [0.4, 0.5) is 4.79 Å². The highest BCUT2D eigenvalue weighted by Gasteiger charge is 2.12. The van der Waals surface area contributed by atoms with Crippen LogP contribution in [0.3, 0.4) is 0 Å². The predicted octanol–water partition coefficient (Wildman–Crippen LogP) is 5.65. The first-order valence-electron chi connectivity index (χ1n) is 9.56. The molecule has 0 unspecified atom stereocenters. The first kappa shape index (κ1) is 20.5. The van der Waals surface area contributed by atoms with Crippen LogP contribution >= 0.6 is 0 Å². The molecule has 0 bridgehead atoms. The minimum Gasteiger partial charge on any atom is -0.434 e. The van der Waals surface area contributed by atoms with Crippen LogP contribution in [-0.4, -0.2) is 22.5 Å². The van der Waals surface area contributed by atoms with Gasteiger partial charge in [-0.15, -0.1) is 0 Å². The Morgan fingerprint density at radius 1 is 1.00 bits per heavy atom. The van der Waals surface area contributed by atoms with E-state index in [2.05, 4.69) is 12.0 Å². The number of unbranched alkanes of at least 4 members (excludes halogenated alkanes) is 9. The molecule has 1 heterocycles. The van der Waals surface area contributed by atoms with E-state index in [0.29, 0.717) is 12.5 Å². The summed E-state index contributed by atoms with van der Waals surface area (Å²) in [5.41, 5.74) is 0.848. The molecule has 0 saturated heterocycles. The molecule has 0 amide bonds. The second-order valence-corrected chi connectivity index (χ2v) is 6.31. The van der Waals surface area contributed by atoms with Gasteiger partial charge >= 0.3 is 6.16 Å². The molecule has 0 radical (unpaired) electrons. The fourth-order valence-electron chi connectivity index (χ4n) is 2.75. The largest absolute Gasteiger partial charge is 0.515 e. The molecule has 138 valence electrons. The molecule has 0 atom stereocenters. The third kappa shape index (κ3) is 8.94. The lowest BCUT2D eigenvalue weighted by atomic mass is 10.1. The Morgan fingerprint density at radius 2 is 1.58 bits per heavy atom. The monoisotopic (exact) mass is 338 g/mol. The summed E-state index contributed by atoms with van der Waals surface area (Å²) < 4.78 is 11.8. The van der Waals surface area contributed by atoms with Crippen molar-refractivity contribution in [3.05, 3.63) is 11.8 Å². The van der Waals surface area contributed by atoms with Gasteiger partial charge in [0.25, 0.3) is 0 Å². The molecule has 1 aromatic rings. The Hall–Kier alpha value is -1.52. The molecule has 0 aromatic carbocycles. The number of carbonyl (C=O) groups excluding carboxylic acids is 1. The third-order valence-corrected chi connectivity index (χ3v) is 4.04. The van der Waals surface area contributed by atoms with Crippen molar-refractivity contribution in [1.29, 1.82) is 0 Å². The van der Waals surface area contributed by atoms with Crippen LogP contribution in [0.25, 0.3) is 0 Å². The van der Waals surface area contributed by atoms with Crippen LogP contribution in [-0.2, 0) is 11.3 Å². The molecule has 5 heteroatoms. The maximum absolute atomic E-state index is 11.4. The molecule has 0 saturated carbocycles. The highest BCUT2D eigenvalue weighted by Crippen LogP contribution is 2.16. The molecule has 24 heavy (non-hydrogen) atoms. The van der Waals surface area contributed by atoms with Crippen LogP contribution in [0.2, 0.25) is 0 Å². The molecular formula is C19H34N2O3. The standard InChI is InChI=1S/C19H34N2O3/c1-4-6-7-8-9-10-11-12-13-14-15-21-18(16-17(3)20-21)24-19(22)23-5-2/h16H,4-15H2,1-3H3. The van der Waals surface area contributed by atoms with E-state index in [9.17, 15) is 4.79 Å². The smallest absolute Gasteiger partial charge is 0.434 e. The lowest BCUT2D eigenvalue weighted by molar-refractivity contribution is 0.100. The van der Waals surface area contributed by atoms with Crippen molar-refractivity contribution in [2.24, 2.45) is 0 Å². The van der Waals surface area contributed by atoms with E-state index < -0.39 is 6.16 Å². The van der Waals surface area contributed by atoms with E-state index in [0.717, 1.165) is 18.7 Å². The predicted molar refractivity (Wildman–Crippen MR) is 96.5 cm³/mol. The van der Waals surface area contributed by atoms with Crippen LogP contribution in [0.1, 0.15) is 83.7 Å². The van der Waals surface area contributed by atoms with Crippen molar-refractivity contribution < 1.29 is 14.3 Å². The van der Waals surface area contributed by atoms with E-state index in [1.54, 1.807) is 17.7 Å². The quantitative estimate of drug-likeness (QED) is 0.344. The van der Waals surface area contributed by atoms with Crippen molar-refractivity contribution in [1.82, 2.24) is 9.78 Å². The topological polar surface area (TPSA) is 53.4 Å². The molecule has 0 aliphatic heterocycles. The zero-order chi connectivity index (χ0) is 17.6. The van der Waals surface area contributed by atoms with E-state index >= 15 is 0 Å². The summed E-state index contributed by atoms with van der Waals surface area (Å²) >= 11 is 0. The number of aryl methyl sites for hydroxylation is 2. The minimum absolute atomic E-state index is 0.310. The SMILES string of the molecule is CCCCCCCCCCCCn1nc(C)cc1OC(=O)OCC. The third-order valence-electron chi connectivity index (χ3n) is 4.04. The van der Waals surface area contributed by atoms with E-state index in [4.69, 9.17) is 9.47 Å². The summed E-state index contributed by atoms with van der Waals surface area (Å²) in [6.45, 7) is 6.99. The molecule has 0 aliphatic rings. The Morgan fingerprint density at radius 3 is 2.17 bits per heavy atom. The zero-order valence-corrected chi connectivity index (χ0v) is 15.7. The van der Waals surface area contributed by atoms with E-state index in [1.165, 1.54) is 57.8 Å². The van der Waals surface area contributed by atoms with Gasteiger partial charge in [-0.2, -0.15) is 5.10 Å². The molecule has 0 aliphatic carbocycles. The average molecular weight is 338 g/mol. The van der Waals surface area contributed by atoms with Crippen LogP contribution in [0, 0.1) is 6.92 Å². The number of nitrogens with zero attached hydrogens (tertiary/aromatic N) is 2. The van der Waals surface area contributed by atoms with Gasteiger partial charge in [-0.25, -0.2) is 9.48 Å². The Kier molecular flexibility index (Phi) is 11.0. The molecule has 5 nitrogen and oxygen atoms in total. The van der Waals surface area contributed by atoms with Gasteiger partial charge in [-0.05, 0) is 20.3 Å². The number of rotatable bonds is 13. The van der Waals surface area contributed by atoms with Gasteiger partial charge in [0.2, 0.25) is 5.88 Å². The van der Waals surface area contributed by atoms with Crippen molar-refractivity contribution in [3.63, 3.8) is 0 Å². The number of ether oxygens (including phenoxy) is 2. The number of aromatic nitrogens is 2. The van der Waals surface area contributed by atoms with Crippen molar-refractivity contribution in [3.8, 4) is 5.88 Å². The Labute approximate surface area is 146 Å². The van der Waals surface area contributed by atoms with Gasteiger partial charge in [-0.1, -0.05) is 64.7 Å². The molecular weight excluding hydrogens is 304 g/mol. The molecule has 0 spiro atoms. The van der Waals surface area contributed by atoms with Crippen molar-refractivity contribution in [2.45, 2.75) is 91.5 Å². The fourth-order valence-corrected chi connectivity index (χ4v) is 2.75. The van der Waals surface area contributed by atoms with Gasteiger partial charge < -0.3 is 9.47 Å². The maximum atomic E-state index is 11.4. The number of hydrogen-bond donors (Lipinski definition) is 0. The average Bonchev–Trinajstić information content (AvgIpc) is 2.89. The lowest BCUT2D eigenvalue weighted by Crippen LogP contribution is -2.13. The van der Waals surface area contributed by atoms with Crippen molar-refractivity contribution in [2.75, 3.05) is 6.61 Å². The van der Waals surface area contributed by atoms with Gasteiger partial charge in [0, 0.05) is 12.6 Å². The second kappa shape index (κ2) is 12.8. The first-order valence-corrected chi connectivity index (χ1v) is 9.56. The van der Waals surface area contributed by atoms with Crippen LogP contribution in [0.15, 0.2) is 6.07 Å². The highest BCUT2D eigenvalue weighted by atomic mass is 16.7. The number of carbonyl (C=O) groups is 1. The molecule has 1 aromatic heterocycles. The molecule has 1 rings (SSSR count). The van der Waals surface area contributed by atoms with Crippen molar-refractivity contribution >= 4 is 6.16 Å². The highest BCUT2D eigenvalue weighted by molar-refractivity contribution is 5.63. The molecule has 0 N–H and O–H groups in total. The first-order chi connectivity index (χ1) is 11.7.